The lowest BCUT2D eigenvalue weighted by molar-refractivity contribution is -0.139. The molecule has 1 aromatic heterocycles. The minimum atomic E-state index is -1.09. The molecular formula is C13H18N2O4. The van der Waals surface area contributed by atoms with Crippen LogP contribution >= 0.6 is 0 Å². The second kappa shape index (κ2) is 6.72. The van der Waals surface area contributed by atoms with E-state index >= 15 is 0 Å². The summed E-state index contributed by atoms with van der Waals surface area (Å²) < 4.78 is 0. The van der Waals surface area contributed by atoms with E-state index < -0.39 is 23.3 Å². The zero-order valence-electron chi connectivity index (χ0n) is 11.0. The zero-order valence-corrected chi connectivity index (χ0v) is 11.0. The molecule has 0 saturated carbocycles. The molecule has 0 spiro atoms. The van der Waals surface area contributed by atoms with E-state index in [1.807, 2.05) is 6.92 Å². The molecule has 6 nitrogen and oxygen atoms in total. The fourth-order valence-corrected chi connectivity index (χ4v) is 1.65. The molecule has 1 aromatic rings. The van der Waals surface area contributed by atoms with Gasteiger partial charge in [0.2, 0.25) is 0 Å². The summed E-state index contributed by atoms with van der Waals surface area (Å²) in [4.78, 5) is 37.2. The van der Waals surface area contributed by atoms with Crippen molar-refractivity contribution < 1.29 is 14.7 Å². The summed E-state index contributed by atoms with van der Waals surface area (Å²) in [6.45, 7) is 3.63. The first-order chi connectivity index (χ1) is 8.95. The van der Waals surface area contributed by atoms with Crippen molar-refractivity contribution in [3.63, 3.8) is 0 Å². The third kappa shape index (κ3) is 4.24. The monoisotopic (exact) mass is 266 g/mol. The smallest absolute Gasteiger partial charge is 0.326 e. The minimum absolute atomic E-state index is 0.0756. The normalized spacial score (nSPS) is 11.9. The first-order valence-electron chi connectivity index (χ1n) is 6.18. The number of rotatable bonds is 6. The van der Waals surface area contributed by atoms with Crippen molar-refractivity contribution in [1.82, 2.24) is 10.3 Å². The lowest BCUT2D eigenvalue weighted by Crippen LogP contribution is -2.42. The Morgan fingerprint density at radius 2 is 2.16 bits per heavy atom. The third-order valence-electron chi connectivity index (χ3n) is 2.75. The predicted molar refractivity (Wildman–Crippen MR) is 70.2 cm³/mol. The summed E-state index contributed by atoms with van der Waals surface area (Å²) >= 11 is 0. The molecule has 0 bridgehead atoms. The predicted octanol–water partition coefficient (Wildman–Crippen LogP) is 1.06. The number of pyridine rings is 1. The maximum atomic E-state index is 11.9. The van der Waals surface area contributed by atoms with Gasteiger partial charge in [0, 0.05) is 18.0 Å². The summed E-state index contributed by atoms with van der Waals surface area (Å²) in [6, 6.07) is 0.338. The molecule has 6 heteroatoms. The van der Waals surface area contributed by atoms with Gasteiger partial charge in [-0.25, -0.2) is 4.79 Å². The summed E-state index contributed by atoms with van der Waals surface area (Å²) in [7, 11) is 0. The SMILES string of the molecule is CCCC[C@H](NC(=O)c1c[nH]c(C)cc1=O)C(=O)O. The van der Waals surface area contributed by atoms with E-state index in [0.717, 1.165) is 6.42 Å². The second-order valence-electron chi connectivity index (χ2n) is 4.40. The van der Waals surface area contributed by atoms with Crippen LogP contribution in [0.5, 0.6) is 0 Å². The molecule has 19 heavy (non-hydrogen) atoms. The molecule has 0 radical (unpaired) electrons. The third-order valence-corrected chi connectivity index (χ3v) is 2.75. The molecule has 0 unspecified atom stereocenters. The van der Waals surface area contributed by atoms with E-state index in [-0.39, 0.29) is 5.56 Å². The van der Waals surface area contributed by atoms with Crippen LogP contribution in [0.15, 0.2) is 17.1 Å². The molecule has 1 rings (SSSR count). The van der Waals surface area contributed by atoms with Crippen LogP contribution in [0.1, 0.15) is 42.2 Å². The summed E-state index contributed by atoms with van der Waals surface area (Å²) in [5, 5.41) is 11.4. The average Bonchev–Trinajstić information content (AvgIpc) is 2.33. The Morgan fingerprint density at radius 1 is 1.47 bits per heavy atom. The molecular weight excluding hydrogens is 248 g/mol. The lowest BCUT2D eigenvalue weighted by Gasteiger charge is -2.13. The Kier molecular flexibility index (Phi) is 5.29. The number of unbranched alkanes of at least 4 members (excludes halogenated alkanes) is 1. The van der Waals surface area contributed by atoms with Gasteiger partial charge < -0.3 is 15.4 Å². The Morgan fingerprint density at radius 3 is 2.68 bits per heavy atom. The largest absolute Gasteiger partial charge is 0.480 e. The van der Waals surface area contributed by atoms with Crippen LogP contribution in [0.2, 0.25) is 0 Å². The van der Waals surface area contributed by atoms with E-state index in [2.05, 4.69) is 10.3 Å². The van der Waals surface area contributed by atoms with Crippen molar-refractivity contribution >= 4 is 11.9 Å². The molecule has 0 aliphatic carbocycles. The first-order valence-corrected chi connectivity index (χ1v) is 6.18. The number of hydrogen-bond donors (Lipinski definition) is 3. The van der Waals surface area contributed by atoms with Crippen molar-refractivity contribution in [2.75, 3.05) is 0 Å². The molecule has 0 saturated heterocycles. The van der Waals surface area contributed by atoms with Gasteiger partial charge in [-0.2, -0.15) is 0 Å². The second-order valence-corrected chi connectivity index (χ2v) is 4.40. The Labute approximate surface area is 110 Å². The van der Waals surface area contributed by atoms with Crippen molar-refractivity contribution in [2.24, 2.45) is 0 Å². The van der Waals surface area contributed by atoms with Gasteiger partial charge in [-0.3, -0.25) is 9.59 Å². The Balaban J connectivity index is 2.81. The number of aromatic amines is 1. The zero-order chi connectivity index (χ0) is 14.4. The minimum Gasteiger partial charge on any atom is -0.480 e. The fourth-order valence-electron chi connectivity index (χ4n) is 1.65. The van der Waals surface area contributed by atoms with Crippen LogP contribution in [0.4, 0.5) is 0 Å². The number of aliphatic carboxylic acids is 1. The number of carbonyl (C=O) groups is 2. The van der Waals surface area contributed by atoms with Gasteiger partial charge in [-0.05, 0) is 13.3 Å². The van der Waals surface area contributed by atoms with Crippen LogP contribution in [0.25, 0.3) is 0 Å². The van der Waals surface area contributed by atoms with Crippen molar-refractivity contribution in [3.8, 4) is 0 Å². The van der Waals surface area contributed by atoms with Gasteiger partial charge >= 0.3 is 5.97 Å². The van der Waals surface area contributed by atoms with Gasteiger partial charge in [0.25, 0.3) is 5.91 Å². The van der Waals surface area contributed by atoms with Crippen molar-refractivity contribution in [3.05, 3.63) is 33.7 Å². The van der Waals surface area contributed by atoms with Gasteiger partial charge in [0.05, 0.1) is 0 Å². The Bertz CT molecular complexity index is 522. The average molecular weight is 266 g/mol. The molecule has 1 amide bonds. The van der Waals surface area contributed by atoms with Crippen molar-refractivity contribution in [1.29, 1.82) is 0 Å². The molecule has 0 fully saturated rings. The highest BCUT2D eigenvalue weighted by molar-refractivity contribution is 5.96. The van der Waals surface area contributed by atoms with Crippen molar-refractivity contribution in [2.45, 2.75) is 39.2 Å². The molecule has 0 aliphatic rings. The van der Waals surface area contributed by atoms with E-state index in [1.165, 1.54) is 12.3 Å². The van der Waals surface area contributed by atoms with Gasteiger partial charge in [-0.15, -0.1) is 0 Å². The maximum Gasteiger partial charge on any atom is 0.326 e. The number of hydrogen-bond acceptors (Lipinski definition) is 3. The number of amides is 1. The number of nitrogens with one attached hydrogen (secondary N) is 2. The highest BCUT2D eigenvalue weighted by Crippen LogP contribution is 2.02. The van der Waals surface area contributed by atoms with E-state index in [1.54, 1.807) is 6.92 Å². The molecule has 104 valence electrons. The molecule has 1 heterocycles. The summed E-state index contributed by atoms with van der Waals surface area (Å²) in [5.74, 6) is -1.75. The summed E-state index contributed by atoms with van der Waals surface area (Å²) in [6.07, 6.45) is 3.18. The van der Waals surface area contributed by atoms with Crippen LogP contribution in [0, 0.1) is 6.92 Å². The van der Waals surface area contributed by atoms with Crippen LogP contribution < -0.4 is 10.7 Å². The molecule has 0 aromatic carbocycles. The number of aryl methyl sites for hydroxylation is 1. The molecule has 3 N–H and O–H groups in total. The fraction of sp³-hybridized carbons (Fsp3) is 0.462. The molecule has 0 aliphatic heterocycles. The number of carboxylic acids is 1. The van der Waals surface area contributed by atoms with E-state index in [9.17, 15) is 14.4 Å². The quantitative estimate of drug-likeness (QED) is 0.716. The van der Waals surface area contributed by atoms with Crippen LogP contribution in [-0.2, 0) is 4.79 Å². The number of H-pyrrole nitrogens is 1. The van der Waals surface area contributed by atoms with E-state index in [0.29, 0.717) is 18.5 Å². The highest BCUT2D eigenvalue weighted by atomic mass is 16.4. The number of aromatic nitrogens is 1. The maximum absolute atomic E-state index is 11.9. The van der Waals surface area contributed by atoms with Crippen LogP contribution in [0.3, 0.4) is 0 Å². The van der Waals surface area contributed by atoms with Crippen LogP contribution in [-0.4, -0.2) is 28.0 Å². The topological polar surface area (TPSA) is 99.3 Å². The Hall–Kier alpha value is -2.11. The summed E-state index contributed by atoms with van der Waals surface area (Å²) in [5.41, 5.74) is 0.143. The van der Waals surface area contributed by atoms with Gasteiger partial charge in [0.15, 0.2) is 5.43 Å². The number of carbonyl (C=O) groups excluding carboxylic acids is 1. The highest BCUT2D eigenvalue weighted by Gasteiger charge is 2.21. The van der Waals surface area contributed by atoms with Gasteiger partial charge in [0.1, 0.15) is 11.6 Å². The first kappa shape index (κ1) is 14.9. The van der Waals surface area contributed by atoms with E-state index in [4.69, 9.17) is 5.11 Å². The standard InChI is InChI=1S/C13H18N2O4/c1-3-4-5-10(13(18)19)15-12(17)9-7-14-8(2)6-11(9)16/h6-7,10H,3-5H2,1-2H3,(H,14,16)(H,15,17)(H,18,19)/t10-/m0/s1. The number of carboxylic acid groups (broad SMARTS) is 1. The lowest BCUT2D eigenvalue weighted by atomic mass is 10.1. The van der Waals surface area contributed by atoms with Gasteiger partial charge in [-0.1, -0.05) is 19.8 Å². The molecule has 1 atom stereocenters.